The highest BCUT2D eigenvalue weighted by molar-refractivity contribution is 6.34. The van der Waals surface area contributed by atoms with Crippen molar-refractivity contribution in [2.75, 3.05) is 10.6 Å². The van der Waals surface area contributed by atoms with E-state index in [4.69, 9.17) is 11.6 Å². The van der Waals surface area contributed by atoms with Crippen LogP contribution in [0.1, 0.15) is 12.6 Å². The van der Waals surface area contributed by atoms with Gasteiger partial charge in [-0.2, -0.15) is 13.2 Å². The summed E-state index contributed by atoms with van der Waals surface area (Å²) in [4.78, 5) is 11.7. The maximum Gasteiger partial charge on any atom is 0.426 e. The first-order valence-corrected chi connectivity index (χ1v) is 7.64. The fourth-order valence-corrected chi connectivity index (χ4v) is 2.20. The van der Waals surface area contributed by atoms with Gasteiger partial charge in [0.1, 0.15) is 0 Å². The number of hydrogen-bond donors (Lipinski definition) is 3. The summed E-state index contributed by atoms with van der Waals surface area (Å²) in [7, 11) is 1.90. The summed E-state index contributed by atoms with van der Waals surface area (Å²) in [5, 5.41) is 14.5. The molecule has 0 aliphatic carbocycles. The zero-order chi connectivity index (χ0) is 18.8. The largest absolute Gasteiger partial charge is 0.426 e. The van der Waals surface area contributed by atoms with Gasteiger partial charge in [-0.05, 0) is 37.3 Å². The predicted molar refractivity (Wildman–Crippen MR) is 89.5 cm³/mol. The Labute approximate surface area is 147 Å². The van der Waals surface area contributed by atoms with Gasteiger partial charge in [0.25, 0.3) is 5.91 Å². The van der Waals surface area contributed by atoms with Gasteiger partial charge in [-0.15, -0.1) is 0 Å². The van der Waals surface area contributed by atoms with Gasteiger partial charge < -0.3 is 20.3 Å². The van der Waals surface area contributed by atoms with Crippen molar-refractivity contribution in [2.24, 2.45) is 7.05 Å². The lowest BCUT2D eigenvalue weighted by Gasteiger charge is -2.25. The van der Waals surface area contributed by atoms with Gasteiger partial charge in [0.05, 0.1) is 17.3 Å². The Balaban J connectivity index is 2.07. The number of nitrogens with zero attached hydrogens (tertiary/aromatic N) is 1. The molecule has 1 heterocycles. The highest BCUT2D eigenvalue weighted by Crippen LogP contribution is 2.32. The molecule has 0 saturated heterocycles. The Morgan fingerprint density at radius 2 is 2.00 bits per heavy atom. The van der Waals surface area contributed by atoms with E-state index in [2.05, 4.69) is 5.32 Å². The number of carbonyl (C=O) groups excluding carboxylic acids is 1. The van der Waals surface area contributed by atoms with E-state index in [1.165, 1.54) is 12.1 Å². The van der Waals surface area contributed by atoms with Crippen LogP contribution in [0.2, 0.25) is 5.02 Å². The second-order valence-corrected chi connectivity index (χ2v) is 6.09. The van der Waals surface area contributed by atoms with Crippen molar-refractivity contribution < 1.29 is 23.1 Å². The highest BCUT2D eigenvalue weighted by atomic mass is 35.5. The highest BCUT2D eigenvalue weighted by Gasteiger charge is 2.55. The smallest absolute Gasteiger partial charge is 0.379 e. The van der Waals surface area contributed by atoms with Crippen LogP contribution in [0.4, 0.5) is 24.5 Å². The normalized spacial score (nSPS) is 14.0. The molecule has 136 valence electrons. The third-order valence-electron chi connectivity index (χ3n) is 3.74. The molecule has 0 radical (unpaired) electrons. The number of nitrogens with one attached hydrogen (secondary N) is 2. The minimum absolute atomic E-state index is 0.0272. The van der Waals surface area contributed by atoms with E-state index in [-0.39, 0.29) is 10.7 Å². The van der Waals surface area contributed by atoms with Crippen LogP contribution in [0.25, 0.3) is 0 Å². The van der Waals surface area contributed by atoms with E-state index in [0.717, 1.165) is 5.69 Å². The van der Waals surface area contributed by atoms with E-state index in [9.17, 15) is 23.1 Å². The number of amides is 1. The van der Waals surface area contributed by atoms with E-state index < -0.39 is 17.7 Å². The second kappa shape index (κ2) is 6.97. The van der Waals surface area contributed by atoms with Crippen LogP contribution in [0.5, 0.6) is 0 Å². The Kier molecular flexibility index (Phi) is 5.34. The summed E-state index contributed by atoms with van der Waals surface area (Å²) in [5.74, 6) is -1.61. The van der Waals surface area contributed by atoms with Crippen LogP contribution < -0.4 is 10.6 Å². The molecule has 0 saturated carbocycles. The van der Waals surface area contributed by atoms with E-state index in [1.54, 1.807) is 6.07 Å². The third-order valence-corrected chi connectivity index (χ3v) is 4.05. The SMILES string of the molecule is Cn1cccc1CNc1ccc(NC(=O)[C@@](C)(O)C(F)(F)F)c(Cl)c1. The molecule has 0 aliphatic rings. The second-order valence-electron chi connectivity index (χ2n) is 5.68. The first kappa shape index (κ1) is 19.1. The summed E-state index contributed by atoms with van der Waals surface area (Å²) < 4.78 is 39.9. The molecular formula is C16H17ClF3N3O2. The maximum absolute atomic E-state index is 12.7. The number of carbonyl (C=O) groups is 1. The van der Waals surface area contributed by atoms with Gasteiger partial charge in [0.2, 0.25) is 5.60 Å². The predicted octanol–water partition coefficient (Wildman–Crippen LogP) is 3.54. The Hall–Kier alpha value is -2.19. The number of benzene rings is 1. The number of aryl methyl sites for hydroxylation is 1. The molecule has 2 rings (SSSR count). The van der Waals surface area contributed by atoms with Crippen LogP contribution in [0.3, 0.4) is 0 Å². The van der Waals surface area contributed by atoms with Crippen molar-refractivity contribution in [3.63, 3.8) is 0 Å². The first-order valence-electron chi connectivity index (χ1n) is 7.26. The van der Waals surface area contributed by atoms with E-state index in [1.807, 2.05) is 35.3 Å². The number of anilines is 2. The lowest BCUT2D eigenvalue weighted by Crippen LogP contribution is -2.52. The van der Waals surface area contributed by atoms with Gasteiger partial charge >= 0.3 is 6.18 Å². The number of aliphatic hydroxyl groups is 1. The molecule has 3 N–H and O–H groups in total. The molecule has 0 spiro atoms. The van der Waals surface area contributed by atoms with Crippen molar-refractivity contribution in [2.45, 2.75) is 25.2 Å². The van der Waals surface area contributed by atoms with Crippen LogP contribution in [0.15, 0.2) is 36.5 Å². The van der Waals surface area contributed by atoms with Gasteiger partial charge in [0, 0.05) is 24.6 Å². The molecule has 1 atom stereocenters. The molecule has 2 aromatic rings. The monoisotopic (exact) mass is 375 g/mol. The summed E-state index contributed by atoms with van der Waals surface area (Å²) in [5.41, 5.74) is -1.89. The number of alkyl halides is 3. The molecule has 0 fully saturated rings. The van der Waals surface area contributed by atoms with Gasteiger partial charge in [-0.25, -0.2) is 0 Å². The topological polar surface area (TPSA) is 66.3 Å². The van der Waals surface area contributed by atoms with Crippen LogP contribution in [0, 0.1) is 0 Å². The summed E-state index contributed by atoms with van der Waals surface area (Å²) in [6, 6.07) is 8.23. The van der Waals surface area contributed by atoms with Crippen LogP contribution in [-0.4, -0.2) is 27.4 Å². The third kappa shape index (κ3) is 4.26. The average Bonchev–Trinajstić information content (AvgIpc) is 2.91. The minimum Gasteiger partial charge on any atom is -0.379 e. The molecule has 0 bridgehead atoms. The Morgan fingerprint density at radius 3 is 2.52 bits per heavy atom. The Morgan fingerprint density at radius 1 is 1.32 bits per heavy atom. The molecule has 0 aliphatic heterocycles. The summed E-state index contributed by atoms with van der Waals surface area (Å²) in [6.07, 6.45) is -3.20. The quantitative estimate of drug-likeness (QED) is 0.748. The van der Waals surface area contributed by atoms with Crippen LogP contribution >= 0.6 is 11.6 Å². The Bertz CT molecular complexity index is 772. The molecule has 0 unspecified atom stereocenters. The van der Waals surface area contributed by atoms with Crippen molar-refractivity contribution in [1.82, 2.24) is 4.57 Å². The molecule has 5 nitrogen and oxygen atoms in total. The number of aromatic nitrogens is 1. The molecule has 1 aromatic carbocycles. The molecule has 25 heavy (non-hydrogen) atoms. The summed E-state index contributed by atoms with van der Waals surface area (Å²) >= 11 is 6.01. The zero-order valence-corrected chi connectivity index (χ0v) is 14.2. The fourth-order valence-electron chi connectivity index (χ4n) is 1.97. The lowest BCUT2D eigenvalue weighted by atomic mass is 10.1. The standard InChI is InChI=1S/C16H17ClF3N3O2/c1-15(25,16(18,19)20)14(24)22-13-6-5-10(8-12(13)17)21-9-11-4-3-7-23(11)2/h3-8,21,25H,9H2,1-2H3,(H,22,24)/t15-/m1/s1. The number of halogens is 4. The summed E-state index contributed by atoms with van der Waals surface area (Å²) in [6.45, 7) is 0.903. The van der Waals surface area contributed by atoms with Crippen molar-refractivity contribution in [3.8, 4) is 0 Å². The zero-order valence-electron chi connectivity index (χ0n) is 13.5. The van der Waals surface area contributed by atoms with E-state index in [0.29, 0.717) is 19.2 Å². The number of rotatable bonds is 5. The van der Waals surface area contributed by atoms with Gasteiger partial charge in [-0.3, -0.25) is 4.79 Å². The van der Waals surface area contributed by atoms with Crippen molar-refractivity contribution >= 4 is 28.9 Å². The fraction of sp³-hybridized carbons (Fsp3) is 0.312. The van der Waals surface area contributed by atoms with Gasteiger partial charge in [0.15, 0.2) is 0 Å². The molecule has 9 heteroatoms. The van der Waals surface area contributed by atoms with Crippen molar-refractivity contribution in [3.05, 3.63) is 47.2 Å². The number of hydrogen-bond acceptors (Lipinski definition) is 3. The average molecular weight is 376 g/mol. The molecule has 1 amide bonds. The van der Waals surface area contributed by atoms with Crippen molar-refractivity contribution in [1.29, 1.82) is 0 Å². The van der Waals surface area contributed by atoms with E-state index >= 15 is 0 Å². The molecular weight excluding hydrogens is 359 g/mol. The van der Waals surface area contributed by atoms with Crippen LogP contribution in [-0.2, 0) is 18.4 Å². The maximum atomic E-state index is 12.7. The minimum atomic E-state index is -5.10. The molecule has 1 aromatic heterocycles. The lowest BCUT2D eigenvalue weighted by molar-refractivity contribution is -0.242. The first-order chi connectivity index (χ1) is 11.5. The van der Waals surface area contributed by atoms with Gasteiger partial charge in [-0.1, -0.05) is 11.6 Å².